The number of rotatable bonds is 5. The summed E-state index contributed by atoms with van der Waals surface area (Å²) in [6, 6.07) is 8.02. The van der Waals surface area contributed by atoms with Gasteiger partial charge in [0.2, 0.25) is 0 Å². The fraction of sp³-hybridized carbons (Fsp3) is 0.600. The topological polar surface area (TPSA) is 30.5 Å². The molecule has 1 aromatic carbocycles. The summed E-state index contributed by atoms with van der Waals surface area (Å²) in [6.07, 6.45) is 4.50. The first-order valence-corrected chi connectivity index (χ1v) is 7.17. The van der Waals surface area contributed by atoms with Crippen molar-refractivity contribution in [3.63, 3.8) is 0 Å². The second-order valence-electron chi connectivity index (χ2n) is 5.01. The number of ether oxygens (including phenoxy) is 2. The molecule has 1 aliphatic rings. The number of nitrogens with one attached hydrogen (secondary N) is 1. The zero-order valence-electron chi connectivity index (χ0n) is 11.6. The first-order chi connectivity index (χ1) is 9.24. The Kier molecular flexibility index (Phi) is 5.22. The van der Waals surface area contributed by atoms with Crippen LogP contribution in [0.5, 0.6) is 0 Å². The Hall–Kier alpha value is -0.610. The van der Waals surface area contributed by atoms with Crippen LogP contribution in [0.15, 0.2) is 24.3 Å². The van der Waals surface area contributed by atoms with Crippen molar-refractivity contribution < 1.29 is 9.47 Å². The van der Waals surface area contributed by atoms with Crippen molar-refractivity contribution in [2.45, 2.75) is 37.3 Å². The summed E-state index contributed by atoms with van der Waals surface area (Å²) >= 11 is 6.40. The van der Waals surface area contributed by atoms with Gasteiger partial charge in [-0.3, -0.25) is 0 Å². The van der Waals surface area contributed by atoms with Gasteiger partial charge in [0.15, 0.2) is 0 Å². The predicted octanol–water partition coefficient (Wildman–Crippen LogP) is 3.32. The number of hydrogen-bond donors (Lipinski definition) is 1. The molecule has 0 aromatic heterocycles. The molecule has 4 heteroatoms. The van der Waals surface area contributed by atoms with E-state index in [0.29, 0.717) is 6.79 Å². The van der Waals surface area contributed by atoms with Gasteiger partial charge in [0.05, 0.1) is 11.6 Å². The van der Waals surface area contributed by atoms with E-state index in [0.717, 1.165) is 23.4 Å². The molecule has 2 rings (SSSR count). The third kappa shape index (κ3) is 2.95. The zero-order valence-corrected chi connectivity index (χ0v) is 12.4. The SMILES string of the molecule is CNC1(c2ccccc2Cl)CCCCC1OCOC. The molecule has 3 nitrogen and oxygen atoms in total. The average Bonchev–Trinajstić information content (AvgIpc) is 2.46. The van der Waals surface area contributed by atoms with Crippen molar-refractivity contribution in [2.75, 3.05) is 21.0 Å². The van der Waals surface area contributed by atoms with E-state index < -0.39 is 0 Å². The van der Waals surface area contributed by atoms with Crippen LogP contribution in [-0.2, 0) is 15.0 Å². The number of methoxy groups -OCH3 is 1. The third-order valence-electron chi connectivity index (χ3n) is 4.02. The highest BCUT2D eigenvalue weighted by Crippen LogP contribution is 2.41. The van der Waals surface area contributed by atoms with Crippen LogP contribution in [0.25, 0.3) is 0 Å². The van der Waals surface area contributed by atoms with Gasteiger partial charge < -0.3 is 14.8 Å². The minimum Gasteiger partial charge on any atom is -0.359 e. The van der Waals surface area contributed by atoms with Crippen LogP contribution in [0.2, 0.25) is 5.02 Å². The van der Waals surface area contributed by atoms with E-state index >= 15 is 0 Å². The first-order valence-electron chi connectivity index (χ1n) is 6.79. The molecule has 1 aliphatic carbocycles. The highest BCUT2D eigenvalue weighted by atomic mass is 35.5. The van der Waals surface area contributed by atoms with Crippen LogP contribution >= 0.6 is 11.6 Å². The fourth-order valence-corrected chi connectivity index (χ4v) is 3.37. The normalized spacial score (nSPS) is 27.4. The fourth-order valence-electron chi connectivity index (χ4n) is 3.07. The lowest BCUT2D eigenvalue weighted by Crippen LogP contribution is -2.53. The molecule has 0 bridgehead atoms. The molecule has 0 heterocycles. The van der Waals surface area contributed by atoms with Crippen molar-refractivity contribution in [1.29, 1.82) is 0 Å². The van der Waals surface area contributed by atoms with Gasteiger partial charge in [-0.25, -0.2) is 0 Å². The molecule has 0 saturated heterocycles. The van der Waals surface area contributed by atoms with Gasteiger partial charge in [-0.05, 0) is 31.5 Å². The molecule has 1 aromatic rings. The van der Waals surface area contributed by atoms with Gasteiger partial charge in [0.1, 0.15) is 6.79 Å². The molecule has 19 heavy (non-hydrogen) atoms. The van der Waals surface area contributed by atoms with Gasteiger partial charge in [-0.2, -0.15) is 0 Å². The average molecular weight is 284 g/mol. The lowest BCUT2D eigenvalue weighted by Gasteiger charge is -2.44. The molecular weight excluding hydrogens is 262 g/mol. The molecule has 1 fully saturated rings. The Morgan fingerprint density at radius 1 is 1.37 bits per heavy atom. The Morgan fingerprint density at radius 3 is 2.84 bits per heavy atom. The summed E-state index contributed by atoms with van der Waals surface area (Å²) in [5.74, 6) is 0. The Balaban J connectivity index is 2.34. The van der Waals surface area contributed by atoms with Crippen LogP contribution in [-0.4, -0.2) is 27.1 Å². The Labute approximate surface area is 120 Å². The standard InChI is InChI=1S/C15H22ClNO2/c1-17-15(12-7-3-4-8-13(12)16)10-6-5-9-14(15)19-11-18-2/h3-4,7-8,14,17H,5-6,9-11H2,1-2H3. The summed E-state index contributed by atoms with van der Waals surface area (Å²) in [6.45, 7) is 0.318. The van der Waals surface area contributed by atoms with Gasteiger partial charge in [0.25, 0.3) is 0 Å². The Bertz CT molecular complexity index is 413. The maximum atomic E-state index is 6.40. The summed E-state index contributed by atoms with van der Waals surface area (Å²) in [5.41, 5.74) is 0.912. The minimum atomic E-state index is -0.213. The molecule has 1 N–H and O–H groups in total. The molecular formula is C15H22ClNO2. The summed E-state index contributed by atoms with van der Waals surface area (Å²) in [7, 11) is 3.64. The van der Waals surface area contributed by atoms with Crippen molar-refractivity contribution in [3.8, 4) is 0 Å². The van der Waals surface area contributed by atoms with Crippen LogP contribution < -0.4 is 5.32 Å². The lowest BCUT2D eigenvalue weighted by molar-refractivity contribution is -0.117. The van der Waals surface area contributed by atoms with E-state index in [4.69, 9.17) is 21.1 Å². The summed E-state index contributed by atoms with van der Waals surface area (Å²) in [5, 5.41) is 4.26. The number of likely N-dealkylation sites (N-methyl/N-ethyl adjacent to an activating group) is 1. The lowest BCUT2D eigenvalue weighted by atomic mass is 9.74. The van der Waals surface area contributed by atoms with Crippen LogP contribution in [0.1, 0.15) is 31.2 Å². The van der Waals surface area contributed by atoms with E-state index in [2.05, 4.69) is 11.4 Å². The van der Waals surface area contributed by atoms with E-state index in [1.165, 1.54) is 12.8 Å². The maximum absolute atomic E-state index is 6.40. The van der Waals surface area contributed by atoms with Crippen molar-refractivity contribution in [3.05, 3.63) is 34.9 Å². The van der Waals surface area contributed by atoms with Crippen LogP contribution in [0, 0.1) is 0 Å². The van der Waals surface area contributed by atoms with Gasteiger partial charge >= 0.3 is 0 Å². The molecule has 0 amide bonds. The van der Waals surface area contributed by atoms with Gasteiger partial charge in [0, 0.05) is 12.1 Å². The van der Waals surface area contributed by atoms with Crippen LogP contribution in [0.3, 0.4) is 0 Å². The summed E-state index contributed by atoms with van der Waals surface area (Å²) in [4.78, 5) is 0. The zero-order chi connectivity index (χ0) is 13.7. The Morgan fingerprint density at radius 2 is 2.16 bits per heavy atom. The van der Waals surface area contributed by atoms with Gasteiger partial charge in [-0.15, -0.1) is 0 Å². The van der Waals surface area contributed by atoms with Crippen molar-refractivity contribution in [2.24, 2.45) is 0 Å². The predicted molar refractivity (Wildman–Crippen MR) is 77.4 cm³/mol. The maximum Gasteiger partial charge on any atom is 0.146 e. The van der Waals surface area contributed by atoms with E-state index in [1.54, 1.807) is 7.11 Å². The second kappa shape index (κ2) is 6.71. The van der Waals surface area contributed by atoms with Gasteiger partial charge in [-0.1, -0.05) is 42.6 Å². The highest BCUT2D eigenvalue weighted by molar-refractivity contribution is 6.31. The smallest absolute Gasteiger partial charge is 0.146 e. The van der Waals surface area contributed by atoms with E-state index in [-0.39, 0.29) is 11.6 Å². The number of benzene rings is 1. The second-order valence-corrected chi connectivity index (χ2v) is 5.42. The molecule has 1 saturated carbocycles. The minimum absolute atomic E-state index is 0.0890. The van der Waals surface area contributed by atoms with Crippen LogP contribution in [0.4, 0.5) is 0 Å². The largest absolute Gasteiger partial charge is 0.359 e. The van der Waals surface area contributed by atoms with Crippen molar-refractivity contribution in [1.82, 2.24) is 5.32 Å². The number of hydrogen-bond acceptors (Lipinski definition) is 3. The van der Waals surface area contributed by atoms with Crippen molar-refractivity contribution >= 4 is 11.6 Å². The van der Waals surface area contributed by atoms with E-state index in [9.17, 15) is 0 Å². The molecule has 0 radical (unpaired) electrons. The quantitative estimate of drug-likeness (QED) is 0.841. The molecule has 106 valence electrons. The third-order valence-corrected chi connectivity index (χ3v) is 4.35. The first kappa shape index (κ1) is 14.8. The number of halogens is 1. The summed E-state index contributed by atoms with van der Waals surface area (Å²) < 4.78 is 11.0. The molecule has 0 aliphatic heterocycles. The molecule has 2 atom stereocenters. The monoisotopic (exact) mass is 283 g/mol. The molecule has 0 spiro atoms. The highest BCUT2D eigenvalue weighted by Gasteiger charge is 2.42. The van der Waals surface area contributed by atoms with E-state index in [1.807, 2.05) is 25.2 Å². The molecule has 2 unspecified atom stereocenters.